The summed E-state index contributed by atoms with van der Waals surface area (Å²) >= 11 is 0. The Morgan fingerprint density at radius 2 is 1.88 bits per heavy atom. The summed E-state index contributed by atoms with van der Waals surface area (Å²) in [6, 6.07) is 10.3. The van der Waals surface area contributed by atoms with Crippen molar-refractivity contribution in [3.8, 4) is 0 Å². The summed E-state index contributed by atoms with van der Waals surface area (Å²) in [5.74, 6) is 0.431. The average Bonchev–Trinajstić information content (AvgIpc) is 3.40. The normalized spacial score (nSPS) is 22.7. The first-order valence-corrected chi connectivity index (χ1v) is 12.7. The molecular weight excluding hydrogens is 420 g/mol. The Balaban J connectivity index is 1.62. The molecule has 2 fully saturated rings. The molecule has 4 rings (SSSR count). The first-order chi connectivity index (χ1) is 15.4. The second-order valence-corrected chi connectivity index (χ2v) is 10.8. The van der Waals surface area contributed by atoms with E-state index in [1.54, 1.807) is 16.5 Å². The Bertz CT molecular complexity index is 1030. The number of carboxylic acid groups (broad SMARTS) is 1. The summed E-state index contributed by atoms with van der Waals surface area (Å²) in [7, 11) is 0.636. The summed E-state index contributed by atoms with van der Waals surface area (Å²) in [4.78, 5) is 15.5. The van der Waals surface area contributed by atoms with Gasteiger partial charge >= 0.3 is 5.97 Å². The van der Waals surface area contributed by atoms with E-state index in [-0.39, 0.29) is 5.57 Å². The lowest BCUT2D eigenvalue weighted by Gasteiger charge is -2.35. The van der Waals surface area contributed by atoms with Gasteiger partial charge in [-0.05, 0) is 68.0 Å². The van der Waals surface area contributed by atoms with Crippen LogP contribution in [0.4, 0.5) is 0 Å². The maximum absolute atomic E-state index is 12.8. The zero-order valence-corrected chi connectivity index (χ0v) is 19.8. The summed E-state index contributed by atoms with van der Waals surface area (Å²) in [5, 5.41) is 9.93. The minimum Gasteiger partial charge on any atom is -0.478 e. The molecule has 0 amide bonds. The molecule has 172 valence electrons. The van der Waals surface area contributed by atoms with Crippen LogP contribution in [0.2, 0.25) is 0 Å². The maximum atomic E-state index is 12.8. The van der Waals surface area contributed by atoms with Crippen LogP contribution in [-0.4, -0.2) is 38.7 Å². The fraction of sp³-hybridized carbons (Fsp3) is 0.462. The molecule has 3 aliphatic rings. The molecule has 3 aliphatic carbocycles. The maximum Gasteiger partial charge on any atom is 0.335 e. The van der Waals surface area contributed by atoms with Crippen molar-refractivity contribution in [1.82, 2.24) is 9.21 Å². The smallest absolute Gasteiger partial charge is 0.335 e. The molecule has 1 aromatic carbocycles. The summed E-state index contributed by atoms with van der Waals surface area (Å²) in [6.07, 6.45) is 11.3. The lowest BCUT2D eigenvalue weighted by molar-refractivity contribution is -0.132. The van der Waals surface area contributed by atoms with Crippen LogP contribution >= 0.6 is 0 Å². The molecule has 2 saturated carbocycles. The molecular formula is C26H33N2O3S-. The Kier molecular flexibility index (Phi) is 7.09. The van der Waals surface area contributed by atoms with Crippen molar-refractivity contribution in [3.05, 3.63) is 71.1 Å². The molecule has 6 heteroatoms. The highest BCUT2D eigenvalue weighted by molar-refractivity contribution is 7.82. The number of aliphatic carboxylic acids is 1. The molecule has 0 saturated heterocycles. The summed E-state index contributed by atoms with van der Waals surface area (Å²) in [5.41, 5.74) is 3.25. The molecule has 0 aromatic heterocycles. The van der Waals surface area contributed by atoms with Gasteiger partial charge in [-0.3, -0.25) is 0 Å². The van der Waals surface area contributed by atoms with Gasteiger partial charge in [-0.25, -0.2) is 4.79 Å². The van der Waals surface area contributed by atoms with E-state index in [2.05, 4.69) is 30.0 Å². The van der Waals surface area contributed by atoms with Crippen LogP contribution in [0.15, 0.2) is 65.5 Å². The third kappa shape index (κ3) is 5.47. The first kappa shape index (κ1) is 22.7. The van der Waals surface area contributed by atoms with Crippen LogP contribution in [0.25, 0.3) is 0 Å². The van der Waals surface area contributed by atoms with Gasteiger partial charge in [0.1, 0.15) is 0 Å². The fourth-order valence-corrected chi connectivity index (χ4v) is 5.65. The molecule has 0 spiro atoms. The van der Waals surface area contributed by atoms with Crippen molar-refractivity contribution in [1.29, 1.82) is 0 Å². The molecule has 0 bridgehead atoms. The summed E-state index contributed by atoms with van der Waals surface area (Å²) in [6.45, 7) is 3.98. The highest BCUT2D eigenvalue weighted by atomic mass is 32.2. The van der Waals surface area contributed by atoms with E-state index in [0.717, 1.165) is 60.9 Å². The summed E-state index contributed by atoms with van der Waals surface area (Å²) < 4.78 is 14.6. The predicted molar refractivity (Wildman–Crippen MR) is 130 cm³/mol. The first-order valence-electron chi connectivity index (χ1n) is 11.6. The second kappa shape index (κ2) is 9.99. The minimum absolute atomic E-state index is 0.246. The molecule has 2 unspecified atom stereocenters. The van der Waals surface area contributed by atoms with Gasteiger partial charge in [0, 0.05) is 18.8 Å². The Labute approximate surface area is 193 Å². The largest absolute Gasteiger partial charge is 0.478 e. The number of hydrogen-bond acceptors (Lipinski definition) is 4. The van der Waals surface area contributed by atoms with E-state index >= 15 is 0 Å². The fourth-order valence-electron chi connectivity index (χ4n) is 4.27. The quantitative estimate of drug-likeness (QED) is 0.450. The predicted octanol–water partition coefficient (Wildman–Crippen LogP) is 4.88. The van der Waals surface area contributed by atoms with E-state index < -0.39 is 16.5 Å². The highest BCUT2D eigenvalue weighted by Crippen LogP contribution is 2.39. The Morgan fingerprint density at radius 1 is 1.16 bits per heavy atom. The second-order valence-electron chi connectivity index (χ2n) is 9.19. The van der Waals surface area contributed by atoms with E-state index in [1.165, 1.54) is 12.0 Å². The van der Waals surface area contributed by atoms with Gasteiger partial charge in [-0.15, -0.1) is 4.86 Å². The van der Waals surface area contributed by atoms with Crippen LogP contribution in [0.5, 0.6) is 0 Å². The molecule has 1 aromatic rings. The zero-order valence-electron chi connectivity index (χ0n) is 19.0. The van der Waals surface area contributed by atoms with Crippen LogP contribution in [0.3, 0.4) is 0 Å². The molecule has 1 N–H and O–H groups in total. The number of hydrogen-bond donors (Lipinski definition) is 1. The van der Waals surface area contributed by atoms with Crippen molar-refractivity contribution in [3.63, 3.8) is 0 Å². The third-order valence-corrected chi connectivity index (χ3v) is 8.38. The highest BCUT2D eigenvalue weighted by Gasteiger charge is 2.34. The molecule has 0 radical (unpaired) electrons. The molecule has 0 heterocycles. The van der Waals surface area contributed by atoms with Crippen LogP contribution in [0, 0.1) is 11.8 Å². The van der Waals surface area contributed by atoms with Gasteiger partial charge in [0.05, 0.1) is 5.57 Å². The van der Waals surface area contributed by atoms with E-state index in [4.69, 9.17) is 0 Å². The van der Waals surface area contributed by atoms with Gasteiger partial charge in [0.2, 0.25) is 0 Å². The van der Waals surface area contributed by atoms with Crippen molar-refractivity contribution < 1.29 is 14.1 Å². The third-order valence-electron chi connectivity index (χ3n) is 6.75. The zero-order chi connectivity index (χ0) is 22.7. The molecule has 0 aliphatic heterocycles. The monoisotopic (exact) mass is 453 g/mol. The average molecular weight is 454 g/mol. The molecule has 2 atom stereocenters. The number of rotatable bonds is 8. The van der Waals surface area contributed by atoms with Crippen LogP contribution in [0.1, 0.15) is 51.0 Å². The lowest BCUT2D eigenvalue weighted by Crippen LogP contribution is -2.27. The van der Waals surface area contributed by atoms with Crippen LogP contribution < -0.4 is 0 Å². The molecule has 32 heavy (non-hydrogen) atoms. The van der Waals surface area contributed by atoms with Crippen molar-refractivity contribution >= 4 is 21.4 Å². The van der Waals surface area contributed by atoms with Crippen molar-refractivity contribution in [2.45, 2.75) is 52.0 Å². The number of nitrogens with zero attached hydrogens (tertiary/aromatic N) is 2. The van der Waals surface area contributed by atoms with E-state index in [1.807, 2.05) is 25.2 Å². The number of carbonyl (C=O) groups is 1. The Hall–Kier alpha value is -2.47. The van der Waals surface area contributed by atoms with Crippen molar-refractivity contribution in [2.24, 2.45) is 11.8 Å². The Morgan fingerprint density at radius 3 is 2.47 bits per heavy atom. The number of carboxylic acids is 1. The van der Waals surface area contributed by atoms with E-state index in [9.17, 15) is 14.1 Å². The van der Waals surface area contributed by atoms with Gasteiger partial charge in [-0.1, -0.05) is 56.2 Å². The van der Waals surface area contributed by atoms with Crippen molar-refractivity contribution in [2.75, 3.05) is 13.6 Å². The molecule has 5 nitrogen and oxygen atoms in total. The topological polar surface area (TPSA) is 60.9 Å². The van der Waals surface area contributed by atoms with Gasteiger partial charge in [0.15, 0.2) is 0 Å². The van der Waals surface area contributed by atoms with Gasteiger partial charge in [0.25, 0.3) is 0 Å². The van der Waals surface area contributed by atoms with E-state index in [0.29, 0.717) is 12.3 Å². The number of allylic oxidation sites excluding steroid dienone is 3. The number of benzene rings is 1. The minimum atomic E-state index is -1.18. The van der Waals surface area contributed by atoms with Gasteiger partial charge < -0.3 is 18.5 Å². The lowest BCUT2D eigenvalue weighted by atomic mass is 10.0. The van der Waals surface area contributed by atoms with Crippen LogP contribution in [-0.2, 0) is 26.1 Å². The standard InChI is InChI=1S/C26H33N2O3S/c1-19-14-22(19)18-28(17-20-8-4-3-5-9-20)24-11-6-10-23(15-21(16-24)26(29)30)27(2)32(31)25-12-7-13-25/h3-5,8-9,11,15-16,19,22H,6-7,10,12-14,17-18H2,1-2H3,(H,29,30)/q-1. The SMILES string of the molecule is CC1CC1CN(Cc1ccccc1)C1=CCCC(N(C)[S-](=O)=C2CCC2)=CC(C(=O)O)=C1. The van der Waals surface area contributed by atoms with Gasteiger partial charge in [-0.2, -0.15) is 10.6 Å².